The fraction of sp³-hybridized carbons (Fsp3) is 0.214. The summed E-state index contributed by atoms with van der Waals surface area (Å²) < 4.78 is 0. The molecule has 18 heavy (non-hydrogen) atoms. The van der Waals surface area contributed by atoms with Gasteiger partial charge in [-0.1, -0.05) is 36.7 Å². The Morgan fingerprint density at radius 1 is 1.28 bits per heavy atom. The standard InChI is InChI=1S/C14H16ClN3/c1-2-18-14(10-5-3-4-6-12(10)15)11-9-17-8-7-13(11)16/h3-9,14,18H,2H2,1H3,(H2,16,17). The minimum Gasteiger partial charge on any atom is -0.398 e. The van der Waals surface area contributed by atoms with Crippen molar-refractivity contribution in [2.75, 3.05) is 12.3 Å². The van der Waals surface area contributed by atoms with Gasteiger partial charge in [-0.2, -0.15) is 0 Å². The maximum Gasteiger partial charge on any atom is 0.0627 e. The zero-order valence-electron chi connectivity index (χ0n) is 10.2. The first-order chi connectivity index (χ1) is 8.74. The molecule has 1 aromatic carbocycles. The van der Waals surface area contributed by atoms with Crippen LogP contribution in [0.15, 0.2) is 42.7 Å². The summed E-state index contributed by atoms with van der Waals surface area (Å²) in [6.07, 6.45) is 3.47. The van der Waals surface area contributed by atoms with Gasteiger partial charge < -0.3 is 11.1 Å². The third-order valence-corrected chi connectivity index (χ3v) is 3.17. The molecular weight excluding hydrogens is 246 g/mol. The minimum absolute atomic E-state index is 0.0302. The quantitative estimate of drug-likeness (QED) is 0.890. The normalized spacial score (nSPS) is 12.3. The highest BCUT2D eigenvalue weighted by atomic mass is 35.5. The molecule has 1 heterocycles. The van der Waals surface area contributed by atoms with E-state index in [9.17, 15) is 0 Å². The van der Waals surface area contributed by atoms with Gasteiger partial charge in [0.05, 0.1) is 6.04 Å². The number of nitrogen functional groups attached to an aromatic ring is 1. The zero-order chi connectivity index (χ0) is 13.0. The van der Waals surface area contributed by atoms with Crippen molar-refractivity contribution in [1.29, 1.82) is 0 Å². The molecule has 1 unspecified atom stereocenters. The van der Waals surface area contributed by atoms with Crippen LogP contribution in [0.2, 0.25) is 5.02 Å². The van der Waals surface area contributed by atoms with Crippen LogP contribution in [0, 0.1) is 0 Å². The Labute approximate surface area is 112 Å². The first-order valence-electron chi connectivity index (χ1n) is 5.91. The molecule has 0 fully saturated rings. The molecule has 0 amide bonds. The van der Waals surface area contributed by atoms with Gasteiger partial charge in [-0.15, -0.1) is 0 Å². The largest absolute Gasteiger partial charge is 0.398 e. The Kier molecular flexibility index (Phi) is 4.18. The van der Waals surface area contributed by atoms with Crippen LogP contribution < -0.4 is 11.1 Å². The van der Waals surface area contributed by atoms with Gasteiger partial charge in [-0.25, -0.2) is 0 Å². The van der Waals surface area contributed by atoms with Crippen LogP contribution in [-0.4, -0.2) is 11.5 Å². The maximum absolute atomic E-state index is 6.26. The van der Waals surface area contributed by atoms with Crippen molar-refractivity contribution in [3.63, 3.8) is 0 Å². The van der Waals surface area contributed by atoms with Gasteiger partial charge in [0.1, 0.15) is 0 Å². The van der Waals surface area contributed by atoms with E-state index >= 15 is 0 Å². The molecule has 0 aliphatic rings. The van der Waals surface area contributed by atoms with Crippen molar-refractivity contribution < 1.29 is 0 Å². The first kappa shape index (κ1) is 12.9. The number of nitrogens with two attached hydrogens (primary N) is 1. The number of hydrogen-bond donors (Lipinski definition) is 2. The lowest BCUT2D eigenvalue weighted by atomic mass is 9.99. The molecule has 1 atom stereocenters. The fourth-order valence-corrected chi connectivity index (χ4v) is 2.20. The third kappa shape index (κ3) is 2.63. The summed E-state index contributed by atoms with van der Waals surface area (Å²) in [5, 5.41) is 4.12. The van der Waals surface area contributed by atoms with E-state index in [1.165, 1.54) is 0 Å². The van der Waals surface area contributed by atoms with Gasteiger partial charge in [0.25, 0.3) is 0 Å². The molecule has 0 aliphatic carbocycles. The Morgan fingerprint density at radius 2 is 2.06 bits per heavy atom. The Hall–Kier alpha value is -1.58. The Bertz CT molecular complexity index is 482. The maximum atomic E-state index is 6.26. The molecule has 3 N–H and O–H groups in total. The summed E-state index contributed by atoms with van der Waals surface area (Å²) in [6.45, 7) is 2.88. The Morgan fingerprint density at radius 3 is 2.72 bits per heavy atom. The van der Waals surface area contributed by atoms with Crippen molar-refractivity contribution in [2.45, 2.75) is 13.0 Å². The average Bonchev–Trinajstić information content (AvgIpc) is 2.38. The van der Waals surface area contributed by atoms with Crippen LogP contribution >= 0.6 is 11.6 Å². The summed E-state index contributed by atoms with van der Waals surface area (Å²) in [5.74, 6) is 0. The van der Waals surface area contributed by atoms with E-state index in [2.05, 4.69) is 17.2 Å². The predicted octanol–water partition coefficient (Wildman–Crippen LogP) is 3.02. The number of nitrogens with one attached hydrogen (secondary N) is 1. The monoisotopic (exact) mass is 261 g/mol. The van der Waals surface area contributed by atoms with Gasteiger partial charge in [0, 0.05) is 28.7 Å². The lowest BCUT2D eigenvalue weighted by molar-refractivity contribution is 0.630. The second-order valence-electron chi connectivity index (χ2n) is 4.02. The van der Waals surface area contributed by atoms with Gasteiger partial charge in [-0.3, -0.25) is 4.98 Å². The summed E-state index contributed by atoms with van der Waals surface area (Å²) >= 11 is 6.26. The summed E-state index contributed by atoms with van der Waals surface area (Å²) in [7, 11) is 0. The van der Waals surface area contributed by atoms with E-state index in [4.69, 9.17) is 17.3 Å². The van der Waals surface area contributed by atoms with Gasteiger partial charge in [0.2, 0.25) is 0 Å². The molecule has 1 aromatic heterocycles. The van der Waals surface area contributed by atoms with E-state index < -0.39 is 0 Å². The van der Waals surface area contributed by atoms with Crippen molar-refractivity contribution >= 4 is 17.3 Å². The van der Waals surface area contributed by atoms with Crippen LogP contribution in [-0.2, 0) is 0 Å². The van der Waals surface area contributed by atoms with Crippen molar-refractivity contribution in [1.82, 2.24) is 10.3 Å². The second-order valence-corrected chi connectivity index (χ2v) is 4.42. The zero-order valence-corrected chi connectivity index (χ0v) is 11.0. The molecular formula is C14H16ClN3. The van der Waals surface area contributed by atoms with Crippen LogP contribution in [0.3, 0.4) is 0 Å². The van der Waals surface area contributed by atoms with E-state index in [0.717, 1.165) is 28.4 Å². The average molecular weight is 262 g/mol. The van der Waals surface area contributed by atoms with Crippen LogP contribution in [0.5, 0.6) is 0 Å². The first-order valence-corrected chi connectivity index (χ1v) is 6.29. The van der Waals surface area contributed by atoms with Crippen LogP contribution in [0.4, 0.5) is 5.69 Å². The SMILES string of the molecule is CCNC(c1cnccc1N)c1ccccc1Cl. The topological polar surface area (TPSA) is 50.9 Å². The lowest BCUT2D eigenvalue weighted by Crippen LogP contribution is -2.23. The molecule has 0 spiro atoms. The summed E-state index contributed by atoms with van der Waals surface area (Å²) in [4.78, 5) is 4.14. The van der Waals surface area contributed by atoms with Gasteiger partial charge in [-0.05, 0) is 24.2 Å². The molecule has 4 heteroatoms. The van der Waals surface area contributed by atoms with Crippen LogP contribution in [0.1, 0.15) is 24.1 Å². The molecule has 0 saturated carbocycles. The van der Waals surface area contributed by atoms with Crippen molar-refractivity contribution in [2.24, 2.45) is 0 Å². The number of rotatable bonds is 4. The molecule has 0 bridgehead atoms. The number of halogens is 1. The summed E-state index contributed by atoms with van der Waals surface area (Å²) in [6, 6.07) is 9.55. The van der Waals surface area contributed by atoms with E-state index in [1.54, 1.807) is 18.5 Å². The molecule has 3 nitrogen and oxygen atoms in total. The van der Waals surface area contributed by atoms with Gasteiger partial charge >= 0.3 is 0 Å². The second kappa shape index (κ2) is 5.85. The highest BCUT2D eigenvalue weighted by molar-refractivity contribution is 6.31. The van der Waals surface area contributed by atoms with E-state index in [1.807, 2.05) is 24.3 Å². The predicted molar refractivity (Wildman–Crippen MR) is 75.6 cm³/mol. The molecule has 2 rings (SSSR count). The summed E-state index contributed by atoms with van der Waals surface area (Å²) in [5.41, 5.74) is 8.70. The molecule has 2 aromatic rings. The fourth-order valence-electron chi connectivity index (χ4n) is 1.96. The third-order valence-electron chi connectivity index (χ3n) is 2.82. The Balaban J connectivity index is 2.47. The number of pyridine rings is 1. The van der Waals surface area contributed by atoms with Gasteiger partial charge in [0.15, 0.2) is 0 Å². The highest BCUT2D eigenvalue weighted by Gasteiger charge is 2.17. The smallest absolute Gasteiger partial charge is 0.0627 e. The van der Waals surface area contributed by atoms with E-state index in [-0.39, 0.29) is 6.04 Å². The molecule has 0 radical (unpaired) electrons. The molecule has 0 saturated heterocycles. The number of anilines is 1. The number of benzene rings is 1. The van der Waals surface area contributed by atoms with E-state index in [0.29, 0.717) is 0 Å². The van der Waals surface area contributed by atoms with Crippen molar-refractivity contribution in [3.05, 3.63) is 58.9 Å². The number of aromatic nitrogens is 1. The minimum atomic E-state index is -0.0302. The molecule has 94 valence electrons. The number of hydrogen-bond acceptors (Lipinski definition) is 3. The lowest BCUT2D eigenvalue weighted by Gasteiger charge is -2.21. The van der Waals surface area contributed by atoms with Crippen LogP contribution in [0.25, 0.3) is 0 Å². The highest BCUT2D eigenvalue weighted by Crippen LogP contribution is 2.30. The van der Waals surface area contributed by atoms with Crippen molar-refractivity contribution in [3.8, 4) is 0 Å². The molecule has 0 aliphatic heterocycles. The number of nitrogens with zero attached hydrogens (tertiary/aromatic N) is 1.